The predicted octanol–water partition coefficient (Wildman–Crippen LogP) is 6.67. The smallest absolute Gasteiger partial charge is 0.198 e. The molecule has 0 aliphatic heterocycles. The van der Waals surface area contributed by atoms with Crippen LogP contribution in [0, 0.1) is 5.41 Å². The van der Waals surface area contributed by atoms with Crippen LogP contribution < -0.4 is 4.74 Å². The van der Waals surface area contributed by atoms with Crippen LogP contribution in [0.1, 0.15) is 78.4 Å². The second kappa shape index (κ2) is 7.63. The summed E-state index contributed by atoms with van der Waals surface area (Å²) in [5.41, 5.74) is 2.27. The number of fused-ring (bicyclic) bond motifs is 2. The van der Waals surface area contributed by atoms with E-state index in [0.29, 0.717) is 22.6 Å². The molecule has 3 aromatic rings. The van der Waals surface area contributed by atoms with E-state index in [4.69, 9.17) is 4.74 Å². The highest BCUT2D eigenvalue weighted by atomic mass is 16.5. The number of rotatable bonds is 4. The van der Waals surface area contributed by atoms with Crippen molar-refractivity contribution in [3.05, 3.63) is 88.5 Å². The molecule has 1 N–H and O–H groups in total. The lowest BCUT2D eigenvalue weighted by atomic mass is 9.72. The minimum Gasteiger partial charge on any atom is -0.507 e. The SMILES string of the molecule is CC(C)(C)CC(C)(C)c1ccc(Oc2cc(O)c3c(c2)C(=O)c2ccccc2C3=O)cc1. The summed E-state index contributed by atoms with van der Waals surface area (Å²) < 4.78 is 5.94. The quantitative estimate of drug-likeness (QED) is 0.394. The summed E-state index contributed by atoms with van der Waals surface area (Å²) in [6, 6.07) is 17.4. The van der Waals surface area contributed by atoms with Crippen LogP contribution in [0.3, 0.4) is 0 Å². The van der Waals surface area contributed by atoms with E-state index in [-0.39, 0.29) is 39.3 Å². The van der Waals surface area contributed by atoms with Gasteiger partial charge in [0, 0.05) is 22.8 Å². The number of phenols is 1. The van der Waals surface area contributed by atoms with E-state index in [1.54, 1.807) is 24.3 Å². The Bertz CT molecular complexity index is 1210. The van der Waals surface area contributed by atoms with E-state index in [0.717, 1.165) is 6.42 Å². The summed E-state index contributed by atoms with van der Waals surface area (Å²) in [6.07, 6.45) is 1.04. The van der Waals surface area contributed by atoms with Gasteiger partial charge in [0.15, 0.2) is 11.6 Å². The summed E-state index contributed by atoms with van der Waals surface area (Å²) in [7, 11) is 0. The maximum atomic E-state index is 13.0. The molecule has 0 atom stereocenters. The monoisotopic (exact) mass is 428 g/mol. The first-order valence-corrected chi connectivity index (χ1v) is 10.8. The fraction of sp³-hybridized carbons (Fsp3) is 0.286. The zero-order valence-electron chi connectivity index (χ0n) is 19.2. The normalized spacial score (nSPS) is 13.5. The van der Waals surface area contributed by atoms with Gasteiger partial charge in [0.25, 0.3) is 0 Å². The summed E-state index contributed by atoms with van der Waals surface area (Å²) in [6.45, 7) is 11.2. The lowest BCUT2D eigenvalue weighted by Crippen LogP contribution is -2.24. The van der Waals surface area contributed by atoms with E-state index in [1.165, 1.54) is 17.7 Å². The van der Waals surface area contributed by atoms with Crippen molar-refractivity contribution in [2.75, 3.05) is 0 Å². The molecule has 0 spiro atoms. The van der Waals surface area contributed by atoms with Gasteiger partial charge in [-0.1, -0.05) is 71.0 Å². The zero-order valence-corrected chi connectivity index (χ0v) is 19.2. The van der Waals surface area contributed by atoms with Crippen LogP contribution in [0.5, 0.6) is 17.2 Å². The fourth-order valence-electron chi connectivity index (χ4n) is 4.77. The van der Waals surface area contributed by atoms with Crippen LogP contribution in [-0.2, 0) is 5.41 Å². The Morgan fingerprint density at radius 1 is 0.750 bits per heavy atom. The molecule has 0 bridgehead atoms. The highest BCUT2D eigenvalue weighted by Crippen LogP contribution is 2.39. The maximum Gasteiger partial charge on any atom is 0.198 e. The summed E-state index contributed by atoms with van der Waals surface area (Å²) in [5, 5.41) is 10.5. The number of carbonyl (C=O) groups is 2. The standard InChI is InChI=1S/C28H28O4/c1-27(2,3)16-28(4,5)17-10-12-18(13-11-17)32-19-14-22-24(23(29)15-19)26(31)21-9-7-6-8-20(21)25(22)30/h6-15,29H,16H2,1-5H3. The average molecular weight is 429 g/mol. The van der Waals surface area contributed by atoms with Gasteiger partial charge in [0.2, 0.25) is 0 Å². The van der Waals surface area contributed by atoms with Gasteiger partial charge in [-0.25, -0.2) is 0 Å². The molecule has 0 aromatic heterocycles. The molecule has 4 heteroatoms. The molecule has 1 aliphatic rings. The molecule has 0 heterocycles. The molecule has 0 fully saturated rings. The number of phenolic OH excluding ortho intramolecular Hbond substituents is 1. The van der Waals surface area contributed by atoms with Gasteiger partial charge in [-0.2, -0.15) is 0 Å². The average Bonchev–Trinajstić information content (AvgIpc) is 2.70. The van der Waals surface area contributed by atoms with Crippen molar-refractivity contribution in [3.63, 3.8) is 0 Å². The first-order chi connectivity index (χ1) is 15.0. The van der Waals surface area contributed by atoms with Crippen molar-refractivity contribution < 1.29 is 19.4 Å². The second-order valence-electron chi connectivity index (χ2n) is 10.3. The Balaban J connectivity index is 1.62. The number of aromatic hydroxyl groups is 1. The third kappa shape index (κ3) is 4.05. The van der Waals surface area contributed by atoms with Crippen LogP contribution in [0.2, 0.25) is 0 Å². The fourth-order valence-corrected chi connectivity index (χ4v) is 4.77. The van der Waals surface area contributed by atoms with E-state index >= 15 is 0 Å². The van der Waals surface area contributed by atoms with Gasteiger partial charge in [0.05, 0.1) is 5.56 Å². The molecule has 4 nitrogen and oxygen atoms in total. The Labute approximate surface area is 188 Å². The first kappa shape index (κ1) is 21.8. The van der Waals surface area contributed by atoms with Crippen molar-refractivity contribution in [1.29, 1.82) is 0 Å². The molecule has 164 valence electrons. The van der Waals surface area contributed by atoms with Crippen molar-refractivity contribution in [2.24, 2.45) is 5.41 Å². The third-order valence-electron chi connectivity index (χ3n) is 5.82. The van der Waals surface area contributed by atoms with Gasteiger partial charge >= 0.3 is 0 Å². The first-order valence-electron chi connectivity index (χ1n) is 10.8. The van der Waals surface area contributed by atoms with Crippen molar-refractivity contribution >= 4 is 11.6 Å². The Kier molecular flexibility index (Phi) is 5.20. The van der Waals surface area contributed by atoms with Crippen LogP contribution in [0.4, 0.5) is 0 Å². The molecular formula is C28H28O4. The minimum absolute atomic E-state index is 0.0149. The molecule has 32 heavy (non-hydrogen) atoms. The Hall–Kier alpha value is -3.40. The third-order valence-corrected chi connectivity index (χ3v) is 5.82. The van der Waals surface area contributed by atoms with Gasteiger partial charge in [-0.3, -0.25) is 9.59 Å². The van der Waals surface area contributed by atoms with E-state index in [9.17, 15) is 14.7 Å². The van der Waals surface area contributed by atoms with Gasteiger partial charge in [-0.05, 0) is 41.0 Å². The zero-order chi connectivity index (χ0) is 23.3. The van der Waals surface area contributed by atoms with Crippen LogP contribution in [0.15, 0.2) is 60.7 Å². The number of ketones is 2. The number of hydrogen-bond acceptors (Lipinski definition) is 4. The topological polar surface area (TPSA) is 63.6 Å². The molecule has 0 radical (unpaired) electrons. The molecule has 4 rings (SSSR count). The van der Waals surface area contributed by atoms with E-state index in [1.807, 2.05) is 24.3 Å². The summed E-state index contributed by atoms with van der Waals surface area (Å²) in [4.78, 5) is 25.8. The molecule has 0 saturated carbocycles. The molecule has 0 saturated heterocycles. The highest BCUT2D eigenvalue weighted by molar-refractivity contribution is 6.29. The number of benzene rings is 3. The minimum atomic E-state index is -0.357. The number of carbonyl (C=O) groups excluding carboxylic acids is 2. The van der Waals surface area contributed by atoms with Gasteiger partial charge in [-0.15, -0.1) is 0 Å². The summed E-state index contributed by atoms with van der Waals surface area (Å²) >= 11 is 0. The largest absolute Gasteiger partial charge is 0.507 e. The van der Waals surface area contributed by atoms with Gasteiger partial charge in [0.1, 0.15) is 17.2 Å². The lowest BCUT2D eigenvalue weighted by molar-refractivity contribution is 0.0976. The lowest BCUT2D eigenvalue weighted by Gasteiger charge is -2.33. The Morgan fingerprint density at radius 2 is 1.34 bits per heavy atom. The van der Waals surface area contributed by atoms with Crippen LogP contribution in [0.25, 0.3) is 0 Å². The van der Waals surface area contributed by atoms with Crippen molar-refractivity contribution in [2.45, 2.75) is 46.5 Å². The summed E-state index contributed by atoms with van der Waals surface area (Å²) in [5.74, 6) is -0.00804. The highest BCUT2D eigenvalue weighted by Gasteiger charge is 2.32. The van der Waals surface area contributed by atoms with Crippen molar-refractivity contribution in [3.8, 4) is 17.2 Å². The van der Waals surface area contributed by atoms with Crippen LogP contribution in [-0.4, -0.2) is 16.7 Å². The Morgan fingerprint density at radius 3 is 1.94 bits per heavy atom. The number of ether oxygens (including phenoxy) is 1. The molecule has 3 aromatic carbocycles. The van der Waals surface area contributed by atoms with Crippen molar-refractivity contribution in [1.82, 2.24) is 0 Å². The second-order valence-corrected chi connectivity index (χ2v) is 10.3. The van der Waals surface area contributed by atoms with E-state index in [2.05, 4.69) is 34.6 Å². The van der Waals surface area contributed by atoms with Gasteiger partial charge < -0.3 is 9.84 Å². The molecule has 0 unspecified atom stereocenters. The van der Waals surface area contributed by atoms with Crippen LogP contribution >= 0.6 is 0 Å². The predicted molar refractivity (Wildman–Crippen MR) is 125 cm³/mol. The number of hydrogen-bond donors (Lipinski definition) is 1. The molecule has 1 aliphatic carbocycles. The molecule has 0 amide bonds. The maximum absolute atomic E-state index is 13.0. The molecular weight excluding hydrogens is 400 g/mol. The van der Waals surface area contributed by atoms with E-state index < -0.39 is 0 Å².